The summed E-state index contributed by atoms with van der Waals surface area (Å²) in [6.07, 6.45) is 0. The summed E-state index contributed by atoms with van der Waals surface area (Å²) in [5.74, 6) is 0.712. The van der Waals surface area contributed by atoms with Crippen LogP contribution in [0.15, 0.2) is 53.3 Å². The molecule has 28 heavy (non-hydrogen) atoms. The number of piperazine rings is 1. The van der Waals surface area contributed by atoms with Crippen LogP contribution in [-0.4, -0.2) is 48.6 Å². The summed E-state index contributed by atoms with van der Waals surface area (Å²) in [5.41, 5.74) is 1.87. The molecule has 6 nitrogen and oxygen atoms in total. The molecule has 0 amide bonds. The number of aromatic amines is 1. The van der Waals surface area contributed by atoms with E-state index >= 15 is 0 Å². The number of hydrogen-bond donors (Lipinski definition) is 2. The Balaban J connectivity index is 1.24. The van der Waals surface area contributed by atoms with E-state index in [2.05, 4.69) is 20.1 Å². The third-order valence-corrected chi connectivity index (χ3v) is 5.73. The number of benzene rings is 2. The van der Waals surface area contributed by atoms with Gasteiger partial charge in [-0.05, 0) is 36.4 Å². The Morgan fingerprint density at radius 3 is 2.57 bits per heavy atom. The molecule has 2 aromatic carbocycles. The van der Waals surface area contributed by atoms with Crippen LogP contribution in [-0.2, 0) is 6.54 Å². The Morgan fingerprint density at radius 1 is 1.04 bits per heavy atom. The Labute approximate surface area is 162 Å². The zero-order valence-corrected chi connectivity index (χ0v) is 15.6. The van der Waals surface area contributed by atoms with E-state index in [0.717, 1.165) is 55.1 Å². The van der Waals surface area contributed by atoms with Crippen molar-refractivity contribution in [2.75, 3.05) is 42.9 Å². The van der Waals surface area contributed by atoms with Gasteiger partial charge in [0.25, 0.3) is 0 Å². The average molecular weight is 380 g/mol. The minimum absolute atomic E-state index is 0.0650. The molecule has 2 aliphatic rings. The van der Waals surface area contributed by atoms with Crippen molar-refractivity contribution in [2.24, 2.45) is 0 Å². The van der Waals surface area contributed by atoms with Gasteiger partial charge in [-0.15, -0.1) is 0 Å². The van der Waals surface area contributed by atoms with Crippen LogP contribution in [0, 0.1) is 5.82 Å². The van der Waals surface area contributed by atoms with Gasteiger partial charge in [0.05, 0.1) is 5.39 Å². The lowest BCUT2D eigenvalue weighted by Gasteiger charge is -2.36. The molecule has 0 bridgehead atoms. The first-order valence-corrected chi connectivity index (χ1v) is 9.72. The van der Waals surface area contributed by atoms with Crippen molar-refractivity contribution in [2.45, 2.75) is 12.6 Å². The fourth-order valence-electron chi connectivity index (χ4n) is 4.27. The minimum atomic E-state index is -0.200. The van der Waals surface area contributed by atoms with Crippen molar-refractivity contribution < 1.29 is 8.96 Å². The van der Waals surface area contributed by atoms with Crippen LogP contribution in [0.5, 0.6) is 0 Å². The fourth-order valence-corrected chi connectivity index (χ4v) is 4.27. The summed E-state index contributed by atoms with van der Waals surface area (Å²) in [4.78, 5) is 20.1. The van der Waals surface area contributed by atoms with Crippen LogP contribution in [0.1, 0.15) is 0 Å². The summed E-state index contributed by atoms with van der Waals surface area (Å²) in [5, 5.41) is 4.61. The summed E-state index contributed by atoms with van der Waals surface area (Å²) in [6.45, 7) is 5.31. The van der Waals surface area contributed by atoms with Gasteiger partial charge in [0.1, 0.15) is 23.9 Å². The number of nitrogens with zero attached hydrogens (tertiary/aromatic N) is 3. The Morgan fingerprint density at radius 2 is 1.79 bits per heavy atom. The van der Waals surface area contributed by atoms with Crippen LogP contribution in [0.3, 0.4) is 0 Å². The standard InChI is InChI=1S/C21H22FN5O/c22-15-5-7-17(8-6-15)26-11-9-25(10-12-26)13-16-14-27-20(23-16)18-3-1-2-4-19(18)24-21(27)28/h1-8,16H,9-14H2,(H,23,24,28)/p+1/t16-/m0/s1. The second kappa shape index (κ2) is 6.91. The van der Waals surface area contributed by atoms with E-state index in [4.69, 9.17) is 0 Å². The highest BCUT2D eigenvalue weighted by molar-refractivity contribution is 5.87. The summed E-state index contributed by atoms with van der Waals surface area (Å²) in [6, 6.07) is 14.8. The van der Waals surface area contributed by atoms with E-state index in [1.165, 1.54) is 12.1 Å². The minimum Gasteiger partial charge on any atom is -0.369 e. The van der Waals surface area contributed by atoms with Crippen molar-refractivity contribution in [3.8, 4) is 0 Å². The predicted molar refractivity (Wildman–Crippen MR) is 107 cm³/mol. The first-order chi connectivity index (χ1) is 13.7. The summed E-state index contributed by atoms with van der Waals surface area (Å²) in [7, 11) is 0. The maximum atomic E-state index is 13.1. The Hall–Kier alpha value is -2.93. The number of anilines is 2. The van der Waals surface area contributed by atoms with Crippen molar-refractivity contribution >= 4 is 22.4 Å². The fraction of sp³-hybridized carbons (Fsp3) is 0.333. The van der Waals surface area contributed by atoms with E-state index in [0.29, 0.717) is 6.54 Å². The molecule has 144 valence electrons. The number of aromatic nitrogens is 2. The van der Waals surface area contributed by atoms with E-state index < -0.39 is 0 Å². The van der Waals surface area contributed by atoms with Crippen molar-refractivity contribution in [1.29, 1.82) is 0 Å². The van der Waals surface area contributed by atoms with Crippen molar-refractivity contribution in [3.05, 3.63) is 64.8 Å². The van der Waals surface area contributed by atoms with Gasteiger partial charge in [-0.2, -0.15) is 4.57 Å². The zero-order chi connectivity index (χ0) is 19.1. The number of H-pyrrole nitrogens is 1. The van der Waals surface area contributed by atoms with Gasteiger partial charge in [0, 0.05) is 38.4 Å². The van der Waals surface area contributed by atoms with Gasteiger partial charge in [-0.1, -0.05) is 12.1 Å². The highest BCUT2D eigenvalue weighted by atomic mass is 19.1. The number of rotatable bonds is 3. The lowest BCUT2D eigenvalue weighted by Crippen LogP contribution is -2.53. The lowest BCUT2D eigenvalue weighted by atomic mass is 10.2. The van der Waals surface area contributed by atoms with Gasteiger partial charge < -0.3 is 4.90 Å². The molecular weight excluding hydrogens is 357 g/mol. The van der Waals surface area contributed by atoms with Crippen molar-refractivity contribution in [1.82, 2.24) is 9.88 Å². The molecule has 3 heterocycles. The predicted octanol–water partition coefficient (Wildman–Crippen LogP) is 1.57. The molecule has 0 aliphatic carbocycles. The molecule has 2 aliphatic heterocycles. The molecule has 0 radical (unpaired) electrons. The topological polar surface area (TPSA) is 55.3 Å². The number of para-hydroxylation sites is 1. The summed E-state index contributed by atoms with van der Waals surface area (Å²) < 4.78 is 14.9. The average Bonchev–Trinajstić information content (AvgIpc) is 3.14. The van der Waals surface area contributed by atoms with Crippen LogP contribution in [0.4, 0.5) is 15.9 Å². The van der Waals surface area contributed by atoms with E-state index in [1.54, 1.807) is 0 Å². The third kappa shape index (κ3) is 3.11. The SMILES string of the molecule is O=c1[nH]c2ccccc2c2[n+]1C[C@H](CN1CCN(c3ccc(F)cc3)CC1)N2. The number of fused-ring (bicyclic) bond motifs is 3. The molecule has 1 aromatic heterocycles. The third-order valence-electron chi connectivity index (χ3n) is 5.73. The summed E-state index contributed by atoms with van der Waals surface area (Å²) >= 11 is 0. The molecule has 7 heteroatoms. The lowest BCUT2D eigenvalue weighted by molar-refractivity contribution is -0.689. The molecule has 1 fully saturated rings. The van der Waals surface area contributed by atoms with Gasteiger partial charge in [0.15, 0.2) is 0 Å². The second-order valence-corrected chi connectivity index (χ2v) is 7.54. The zero-order valence-electron chi connectivity index (χ0n) is 15.6. The normalized spacial score (nSPS) is 19.6. The molecule has 3 aromatic rings. The van der Waals surface area contributed by atoms with Crippen LogP contribution < -0.4 is 20.5 Å². The monoisotopic (exact) mass is 380 g/mol. The maximum absolute atomic E-state index is 13.1. The van der Waals surface area contributed by atoms with Gasteiger partial charge in [0.2, 0.25) is 5.82 Å². The Kier molecular flexibility index (Phi) is 4.24. The van der Waals surface area contributed by atoms with E-state index in [1.807, 2.05) is 41.0 Å². The maximum Gasteiger partial charge on any atom is 0.441 e. The molecule has 2 N–H and O–H groups in total. The molecule has 0 unspecified atom stereocenters. The van der Waals surface area contributed by atoms with Crippen LogP contribution in [0.25, 0.3) is 10.9 Å². The molecule has 0 spiro atoms. The molecule has 5 rings (SSSR count). The van der Waals surface area contributed by atoms with Crippen LogP contribution in [0.2, 0.25) is 0 Å². The van der Waals surface area contributed by atoms with E-state index in [9.17, 15) is 9.18 Å². The second-order valence-electron chi connectivity index (χ2n) is 7.54. The first-order valence-electron chi connectivity index (χ1n) is 9.72. The molecule has 1 atom stereocenters. The molecule has 1 saturated heterocycles. The quantitative estimate of drug-likeness (QED) is 0.678. The van der Waals surface area contributed by atoms with Crippen LogP contribution >= 0.6 is 0 Å². The first kappa shape index (κ1) is 17.2. The number of halogens is 1. The number of hydrogen-bond acceptors (Lipinski definition) is 4. The molecular formula is C21H23FN5O+. The highest BCUT2D eigenvalue weighted by Gasteiger charge is 2.32. The highest BCUT2D eigenvalue weighted by Crippen LogP contribution is 2.21. The largest absolute Gasteiger partial charge is 0.441 e. The molecule has 0 saturated carbocycles. The van der Waals surface area contributed by atoms with Crippen molar-refractivity contribution in [3.63, 3.8) is 0 Å². The number of nitrogens with one attached hydrogen (secondary N) is 2. The van der Waals surface area contributed by atoms with Gasteiger partial charge >= 0.3 is 5.69 Å². The Bertz CT molecular complexity index is 1060. The van der Waals surface area contributed by atoms with E-state index in [-0.39, 0.29) is 17.5 Å². The van der Waals surface area contributed by atoms with Gasteiger partial charge in [-0.25, -0.2) is 14.2 Å². The van der Waals surface area contributed by atoms with Gasteiger partial charge in [-0.3, -0.25) is 10.2 Å². The smallest absolute Gasteiger partial charge is 0.369 e.